The van der Waals surface area contributed by atoms with Gasteiger partial charge in [0.2, 0.25) is 0 Å². The van der Waals surface area contributed by atoms with E-state index in [0.29, 0.717) is 5.92 Å². The van der Waals surface area contributed by atoms with Crippen molar-refractivity contribution in [1.82, 2.24) is 0 Å². The molecule has 1 heteroatoms. The van der Waals surface area contributed by atoms with Gasteiger partial charge in [0.05, 0.1) is 0 Å². The monoisotopic (exact) mass is 218 g/mol. The van der Waals surface area contributed by atoms with Crippen LogP contribution in [0.25, 0.3) is 10.8 Å². The van der Waals surface area contributed by atoms with Crippen molar-refractivity contribution in [2.24, 2.45) is 0 Å². The molecule has 0 fully saturated rings. The van der Waals surface area contributed by atoms with Crippen LogP contribution in [0.2, 0.25) is 5.02 Å². The summed E-state index contributed by atoms with van der Waals surface area (Å²) in [5, 5.41) is 3.47. The highest BCUT2D eigenvalue weighted by molar-refractivity contribution is 6.32. The number of rotatable bonds is 1. The van der Waals surface area contributed by atoms with Gasteiger partial charge < -0.3 is 0 Å². The van der Waals surface area contributed by atoms with Gasteiger partial charge in [-0.15, -0.1) is 0 Å². The first-order valence-electron chi connectivity index (χ1n) is 5.29. The summed E-state index contributed by atoms with van der Waals surface area (Å²) in [4.78, 5) is 0. The van der Waals surface area contributed by atoms with Gasteiger partial charge in [0.1, 0.15) is 0 Å². The average molecular weight is 219 g/mol. The molecule has 0 bridgehead atoms. The lowest BCUT2D eigenvalue weighted by molar-refractivity contribution is 0.876. The maximum absolute atomic E-state index is 6.24. The Labute approximate surface area is 95.9 Å². The molecule has 78 valence electrons. The molecule has 0 atom stereocenters. The largest absolute Gasteiger partial charge is 0.0840 e. The first-order chi connectivity index (χ1) is 7.11. The van der Waals surface area contributed by atoms with Gasteiger partial charge in [-0.05, 0) is 40.8 Å². The van der Waals surface area contributed by atoms with Crippen LogP contribution < -0.4 is 0 Å². The third-order valence-corrected chi connectivity index (χ3v) is 3.30. The second-order valence-electron chi connectivity index (χ2n) is 4.27. The normalized spacial score (nSPS) is 11.3. The SMILES string of the molecule is Cc1c(Cl)cc(C(C)C)c2ccccc12. The van der Waals surface area contributed by atoms with E-state index in [1.54, 1.807) is 0 Å². The Morgan fingerprint density at radius 1 is 1.07 bits per heavy atom. The van der Waals surface area contributed by atoms with E-state index in [9.17, 15) is 0 Å². The number of hydrogen-bond acceptors (Lipinski definition) is 0. The van der Waals surface area contributed by atoms with Gasteiger partial charge in [-0.2, -0.15) is 0 Å². The quantitative estimate of drug-likeness (QED) is 0.637. The highest BCUT2D eigenvalue weighted by Gasteiger charge is 2.09. The van der Waals surface area contributed by atoms with Crippen LogP contribution in [0, 0.1) is 6.92 Å². The molecule has 0 aliphatic heterocycles. The van der Waals surface area contributed by atoms with Gasteiger partial charge in [-0.1, -0.05) is 49.7 Å². The maximum Gasteiger partial charge on any atom is 0.0444 e. The van der Waals surface area contributed by atoms with Gasteiger partial charge >= 0.3 is 0 Å². The molecule has 0 N–H and O–H groups in total. The van der Waals surface area contributed by atoms with Gasteiger partial charge in [0.15, 0.2) is 0 Å². The first-order valence-corrected chi connectivity index (χ1v) is 5.67. The standard InChI is InChI=1S/C14H15Cl/c1-9(2)13-8-14(15)10(3)11-6-4-5-7-12(11)13/h4-9H,1-3H3. The minimum Gasteiger partial charge on any atom is -0.0840 e. The molecule has 0 heterocycles. The fraction of sp³-hybridized carbons (Fsp3) is 0.286. The number of benzene rings is 2. The van der Waals surface area contributed by atoms with E-state index in [4.69, 9.17) is 11.6 Å². The van der Waals surface area contributed by atoms with Gasteiger partial charge in [0.25, 0.3) is 0 Å². The van der Waals surface area contributed by atoms with E-state index in [0.717, 1.165) is 5.02 Å². The van der Waals surface area contributed by atoms with E-state index in [1.807, 2.05) is 0 Å². The predicted molar refractivity (Wildman–Crippen MR) is 67.8 cm³/mol. The van der Waals surface area contributed by atoms with E-state index in [-0.39, 0.29) is 0 Å². The summed E-state index contributed by atoms with van der Waals surface area (Å²) in [6.45, 7) is 6.48. The van der Waals surface area contributed by atoms with Crippen LogP contribution in [-0.4, -0.2) is 0 Å². The molecule has 0 amide bonds. The van der Waals surface area contributed by atoms with Crippen molar-refractivity contribution in [3.8, 4) is 0 Å². The van der Waals surface area contributed by atoms with E-state index in [1.165, 1.54) is 21.9 Å². The van der Waals surface area contributed by atoms with Crippen molar-refractivity contribution >= 4 is 22.4 Å². The molecular formula is C14H15Cl. The molecule has 0 saturated heterocycles. The van der Waals surface area contributed by atoms with Crippen LogP contribution in [0.4, 0.5) is 0 Å². The van der Waals surface area contributed by atoms with Crippen molar-refractivity contribution in [3.63, 3.8) is 0 Å². The van der Waals surface area contributed by atoms with Crippen molar-refractivity contribution < 1.29 is 0 Å². The molecule has 0 radical (unpaired) electrons. The number of hydrogen-bond donors (Lipinski definition) is 0. The van der Waals surface area contributed by atoms with Crippen molar-refractivity contribution in [1.29, 1.82) is 0 Å². The van der Waals surface area contributed by atoms with E-state index in [2.05, 4.69) is 51.1 Å². The smallest absolute Gasteiger partial charge is 0.0444 e. The zero-order valence-corrected chi connectivity index (χ0v) is 10.1. The van der Waals surface area contributed by atoms with Crippen molar-refractivity contribution in [2.75, 3.05) is 0 Å². The summed E-state index contributed by atoms with van der Waals surface area (Å²) in [7, 11) is 0. The van der Waals surface area contributed by atoms with Crippen LogP contribution in [0.1, 0.15) is 30.9 Å². The number of fused-ring (bicyclic) bond motifs is 1. The second-order valence-corrected chi connectivity index (χ2v) is 4.68. The summed E-state index contributed by atoms with van der Waals surface area (Å²) >= 11 is 6.24. The Bertz CT molecular complexity index is 498. The third-order valence-electron chi connectivity index (χ3n) is 2.90. The maximum atomic E-state index is 6.24. The minimum atomic E-state index is 0.507. The highest BCUT2D eigenvalue weighted by Crippen LogP contribution is 2.32. The van der Waals surface area contributed by atoms with Gasteiger partial charge in [-0.3, -0.25) is 0 Å². The van der Waals surface area contributed by atoms with E-state index < -0.39 is 0 Å². The highest BCUT2D eigenvalue weighted by atomic mass is 35.5. The Morgan fingerprint density at radius 2 is 1.67 bits per heavy atom. The second kappa shape index (κ2) is 3.86. The van der Waals surface area contributed by atoms with Gasteiger partial charge in [-0.25, -0.2) is 0 Å². The Balaban J connectivity index is 2.88. The molecule has 2 aromatic carbocycles. The van der Waals surface area contributed by atoms with Crippen LogP contribution in [0.15, 0.2) is 30.3 Å². The fourth-order valence-electron chi connectivity index (χ4n) is 1.99. The lowest BCUT2D eigenvalue weighted by Crippen LogP contribution is -1.92. The Kier molecular flexibility index (Phi) is 2.70. The Morgan fingerprint density at radius 3 is 2.27 bits per heavy atom. The molecule has 0 aliphatic rings. The molecular weight excluding hydrogens is 204 g/mol. The molecule has 15 heavy (non-hydrogen) atoms. The zero-order valence-electron chi connectivity index (χ0n) is 9.34. The zero-order chi connectivity index (χ0) is 11.0. The number of aryl methyl sites for hydroxylation is 1. The predicted octanol–water partition coefficient (Wildman–Crippen LogP) is 4.93. The summed E-state index contributed by atoms with van der Waals surface area (Å²) in [5.41, 5.74) is 2.51. The van der Waals surface area contributed by atoms with Crippen molar-refractivity contribution in [3.05, 3.63) is 46.5 Å². The molecule has 0 aromatic heterocycles. The van der Waals surface area contributed by atoms with Crippen LogP contribution in [0.3, 0.4) is 0 Å². The van der Waals surface area contributed by atoms with Gasteiger partial charge in [0, 0.05) is 5.02 Å². The summed E-state index contributed by atoms with van der Waals surface area (Å²) in [6, 6.07) is 10.6. The molecule has 0 nitrogen and oxygen atoms in total. The fourth-order valence-corrected chi connectivity index (χ4v) is 2.21. The number of halogens is 1. The molecule has 2 aromatic rings. The van der Waals surface area contributed by atoms with Crippen molar-refractivity contribution in [2.45, 2.75) is 26.7 Å². The Hall–Kier alpha value is -1.01. The van der Waals surface area contributed by atoms with Crippen LogP contribution >= 0.6 is 11.6 Å². The van der Waals surface area contributed by atoms with Crippen LogP contribution in [0.5, 0.6) is 0 Å². The molecule has 0 aliphatic carbocycles. The molecule has 0 saturated carbocycles. The topological polar surface area (TPSA) is 0 Å². The first kappa shape index (κ1) is 10.5. The van der Waals surface area contributed by atoms with E-state index >= 15 is 0 Å². The molecule has 2 rings (SSSR count). The summed E-state index contributed by atoms with van der Waals surface area (Å²) < 4.78 is 0. The molecule has 0 spiro atoms. The molecule has 0 unspecified atom stereocenters. The summed E-state index contributed by atoms with van der Waals surface area (Å²) in [6.07, 6.45) is 0. The summed E-state index contributed by atoms with van der Waals surface area (Å²) in [5.74, 6) is 0.507. The lowest BCUT2D eigenvalue weighted by atomic mass is 9.94. The minimum absolute atomic E-state index is 0.507. The third kappa shape index (κ3) is 1.74. The lowest BCUT2D eigenvalue weighted by Gasteiger charge is -2.13. The van der Waals surface area contributed by atoms with Crippen LogP contribution in [-0.2, 0) is 0 Å². The average Bonchev–Trinajstić information content (AvgIpc) is 2.23.